The zero-order valence-corrected chi connectivity index (χ0v) is 10.0. The molecule has 1 saturated heterocycles. The van der Waals surface area contributed by atoms with Crippen LogP contribution in [-0.4, -0.2) is 42.4 Å². The molecule has 2 atom stereocenters. The average molecular weight is 233 g/mol. The summed E-state index contributed by atoms with van der Waals surface area (Å²) in [7, 11) is 0. The summed E-state index contributed by atoms with van der Waals surface area (Å²) in [6.07, 6.45) is 2.34. The normalized spacial score (nSPS) is 28.1. The Kier molecular flexibility index (Phi) is 3.04. The summed E-state index contributed by atoms with van der Waals surface area (Å²) in [6.45, 7) is 3.20. The van der Waals surface area contributed by atoms with E-state index in [1.54, 1.807) is 0 Å². The number of ether oxygens (including phenoxy) is 1. The van der Waals surface area contributed by atoms with E-state index < -0.39 is 0 Å². The van der Waals surface area contributed by atoms with Gasteiger partial charge in [-0.3, -0.25) is 4.90 Å². The quantitative estimate of drug-likeness (QED) is 0.861. The largest absolute Gasteiger partial charge is 0.493 e. The predicted octanol–water partition coefficient (Wildman–Crippen LogP) is 1.62. The molecule has 1 N–H and O–H groups in total. The molecule has 2 aliphatic rings. The van der Waals surface area contributed by atoms with Gasteiger partial charge in [0.1, 0.15) is 5.75 Å². The number of nitrogens with zero attached hydrogens (tertiary/aromatic N) is 1. The van der Waals surface area contributed by atoms with Crippen LogP contribution >= 0.6 is 0 Å². The minimum atomic E-state index is 0.287. The van der Waals surface area contributed by atoms with Gasteiger partial charge in [0.25, 0.3) is 0 Å². The third-order valence-corrected chi connectivity index (χ3v) is 3.96. The number of likely N-dealkylation sites (tertiary alicyclic amines) is 1. The van der Waals surface area contributed by atoms with Crippen LogP contribution in [0.25, 0.3) is 0 Å². The Labute approximate surface area is 102 Å². The van der Waals surface area contributed by atoms with Crippen LogP contribution in [0, 0.1) is 0 Å². The van der Waals surface area contributed by atoms with Crippen LogP contribution in [0.4, 0.5) is 0 Å². The van der Waals surface area contributed by atoms with Gasteiger partial charge in [-0.05, 0) is 25.5 Å². The number of hydrogen-bond donors (Lipinski definition) is 1. The number of benzene rings is 1. The van der Waals surface area contributed by atoms with Gasteiger partial charge in [-0.25, -0.2) is 0 Å². The zero-order chi connectivity index (χ0) is 11.7. The molecule has 0 radical (unpaired) electrons. The van der Waals surface area contributed by atoms with Gasteiger partial charge in [-0.2, -0.15) is 0 Å². The molecule has 92 valence electrons. The Morgan fingerprint density at radius 3 is 3.12 bits per heavy atom. The van der Waals surface area contributed by atoms with Gasteiger partial charge in [-0.1, -0.05) is 18.2 Å². The minimum absolute atomic E-state index is 0.287. The fraction of sp³-hybridized carbons (Fsp3) is 0.571. The van der Waals surface area contributed by atoms with Crippen LogP contribution in [0.1, 0.15) is 24.3 Å². The second-order valence-electron chi connectivity index (χ2n) is 5.02. The lowest BCUT2D eigenvalue weighted by Gasteiger charge is -2.25. The van der Waals surface area contributed by atoms with Crippen LogP contribution in [0.5, 0.6) is 5.75 Å². The highest BCUT2D eigenvalue weighted by Crippen LogP contribution is 2.35. The van der Waals surface area contributed by atoms with E-state index in [-0.39, 0.29) is 6.61 Å². The first-order valence-electron chi connectivity index (χ1n) is 6.45. The Morgan fingerprint density at radius 2 is 2.24 bits per heavy atom. The highest BCUT2D eigenvalue weighted by atomic mass is 16.5. The van der Waals surface area contributed by atoms with E-state index in [9.17, 15) is 5.11 Å². The molecular formula is C14H19NO2. The topological polar surface area (TPSA) is 32.7 Å². The van der Waals surface area contributed by atoms with Crippen molar-refractivity contribution in [1.29, 1.82) is 0 Å². The van der Waals surface area contributed by atoms with Gasteiger partial charge in [0, 0.05) is 24.1 Å². The minimum Gasteiger partial charge on any atom is -0.493 e. The van der Waals surface area contributed by atoms with Gasteiger partial charge < -0.3 is 9.84 Å². The van der Waals surface area contributed by atoms with Crippen molar-refractivity contribution in [3.05, 3.63) is 29.8 Å². The fourth-order valence-electron chi connectivity index (χ4n) is 3.01. The molecule has 1 unspecified atom stereocenters. The van der Waals surface area contributed by atoms with Crippen molar-refractivity contribution in [2.24, 2.45) is 0 Å². The number of rotatable bonds is 3. The molecular weight excluding hydrogens is 214 g/mol. The van der Waals surface area contributed by atoms with Gasteiger partial charge in [0.05, 0.1) is 13.2 Å². The van der Waals surface area contributed by atoms with Gasteiger partial charge in [0.15, 0.2) is 0 Å². The van der Waals surface area contributed by atoms with E-state index >= 15 is 0 Å². The summed E-state index contributed by atoms with van der Waals surface area (Å²) in [5.41, 5.74) is 1.33. The first-order chi connectivity index (χ1) is 8.38. The molecule has 17 heavy (non-hydrogen) atoms. The molecule has 3 rings (SSSR count). The molecule has 3 nitrogen and oxygen atoms in total. The van der Waals surface area contributed by atoms with Crippen molar-refractivity contribution in [1.82, 2.24) is 4.90 Å². The number of fused-ring (bicyclic) bond motifs is 1. The molecule has 1 aromatic rings. The molecule has 1 aromatic carbocycles. The summed E-state index contributed by atoms with van der Waals surface area (Å²) < 4.78 is 5.70. The van der Waals surface area contributed by atoms with E-state index in [1.807, 2.05) is 12.1 Å². The van der Waals surface area contributed by atoms with E-state index in [4.69, 9.17) is 4.74 Å². The van der Waals surface area contributed by atoms with Crippen LogP contribution in [0.3, 0.4) is 0 Å². The van der Waals surface area contributed by atoms with Crippen molar-refractivity contribution >= 4 is 0 Å². The Hall–Kier alpha value is -1.06. The first-order valence-corrected chi connectivity index (χ1v) is 6.45. The third-order valence-electron chi connectivity index (χ3n) is 3.96. The Balaban J connectivity index is 1.71. The van der Waals surface area contributed by atoms with Crippen molar-refractivity contribution in [2.45, 2.75) is 24.8 Å². The summed E-state index contributed by atoms with van der Waals surface area (Å²) in [4.78, 5) is 2.41. The zero-order valence-electron chi connectivity index (χ0n) is 10.0. The van der Waals surface area contributed by atoms with Crippen LogP contribution in [0.2, 0.25) is 0 Å². The van der Waals surface area contributed by atoms with E-state index in [0.717, 1.165) is 31.9 Å². The molecule has 0 aliphatic carbocycles. The molecule has 2 heterocycles. The number of aliphatic hydroxyl groups is 1. The number of hydrogen-bond acceptors (Lipinski definition) is 3. The van der Waals surface area contributed by atoms with E-state index in [0.29, 0.717) is 12.0 Å². The second-order valence-corrected chi connectivity index (χ2v) is 5.02. The summed E-state index contributed by atoms with van der Waals surface area (Å²) >= 11 is 0. The average Bonchev–Trinajstić information content (AvgIpc) is 2.97. The smallest absolute Gasteiger partial charge is 0.122 e. The first kappa shape index (κ1) is 11.1. The third kappa shape index (κ3) is 2.05. The van der Waals surface area contributed by atoms with Crippen molar-refractivity contribution in [3.8, 4) is 5.75 Å². The Bertz CT molecular complexity index is 394. The maximum atomic E-state index is 9.33. The van der Waals surface area contributed by atoms with Crippen LogP contribution in [-0.2, 0) is 0 Å². The molecule has 3 heteroatoms. The van der Waals surface area contributed by atoms with Crippen molar-refractivity contribution in [3.63, 3.8) is 0 Å². The predicted molar refractivity (Wildman–Crippen MR) is 66.4 cm³/mol. The maximum Gasteiger partial charge on any atom is 0.122 e. The Morgan fingerprint density at radius 1 is 1.35 bits per heavy atom. The highest BCUT2D eigenvalue weighted by molar-refractivity contribution is 5.39. The lowest BCUT2D eigenvalue weighted by Crippen LogP contribution is -2.35. The van der Waals surface area contributed by atoms with Crippen molar-refractivity contribution < 1.29 is 9.84 Å². The van der Waals surface area contributed by atoms with Gasteiger partial charge >= 0.3 is 0 Å². The fourth-order valence-corrected chi connectivity index (χ4v) is 3.01. The van der Waals surface area contributed by atoms with Crippen LogP contribution < -0.4 is 4.74 Å². The van der Waals surface area contributed by atoms with E-state index in [1.165, 1.54) is 12.0 Å². The SMILES string of the molecule is OC[C@@H]1CCCN1CC1COc2ccccc21. The van der Waals surface area contributed by atoms with Gasteiger partial charge in [0.2, 0.25) is 0 Å². The summed E-state index contributed by atoms with van der Waals surface area (Å²) in [5.74, 6) is 1.51. The molecule has 0 saturated carbocycles. The maximum absolute atomic E-state index is 9.33. The lowest BCUT2D eigenvalue weighted by atomic mass is 10.0. The standard InChI is InChI=1S/C14H19NO2/c16-9-12-4-3-7-15(12)8-11-10-17-14-6-2-1-5-13(11)14/h1-2,5-6,11-12,16H,3-4,7-10H2/t11?,12-/m0/s1. The van der Waals surface area contributed by atoms with Crippen LogP contribution in [0.15, 0.2) is 24.3 Å². The molecule has 0 amide bonds. The monoisotopic (exact) mass is 233 g/mol. The van der Waals surface area contributed by atoms with E-state index in [2.05, 4.69) is 17.0 Å². The number of para-hydroxylation sites is 1. The highest BCUT2D eigenvalue weighted by Gasteiger charge is 2.30. The lowest BCUT2D eigenvalue weighted by molar-refractivity contribution is 0.148. The van der Waals surface area contributed by atoms with Gasteiger partial charge in [-0.15, -0.1) is 0 Å². The summed E-state index contributed by atoms with van der Waals surface area (Å²) in [5, 5.41) is 9.33. The number of aliphatic hydroxyl groups excluding tert-OH is 1. The molecule has 0 aromatic heterocycles. The molecule has 0 spiro atoms. The molecule has 0 bridgehead atoms. The van der Waals surface area contributed by atoms with Crippen molar-refractivity contribution in [2.75, 3.05) is 26.3 Å². The molecule has 1 fully saturated rings. The molecule has 2 aliphatic heterocycles. The summed E-state index contributed by atoms with van der Waals surface area (Å²) in [6, 6.07) is 8.67. The second kappa shape index (κ2) is 4.67.